The number of sulfone groups is 1. The van der Waals surface area contributed by atoms with Gasteiger partial charge in [-0.15, -0.1) is 0 Å². The minimum atomic E-state index is -3.88. The molecule has 0 saturated carbocycles. The van der Waals surface area contributed by atoms with Crippen molar-refractivity contribution in [1.29, 1.82) is 0 Å². The van der Waals surface area contributed by atoms with Gasteiger partial charge in [0.1, 0.15) is 0 Å². The van der Waals surface area contributed by atoms with Gasteiger partial charge in [-0.3, -0.25) is 0 Å². The Balaban J connectivity index is 2.08. The summed E-state index contributed by atoms with van der Waals surface area (Å²) in [4.78, 5) is 25.0. The predicted octanol–water partition coefficient (Wildman–Crippen LogP) is 3.64. The maximum absolute atomic E-state index is 12.9. The van der Waals surface area contributed by atoms with E-state index in [1.807, 2.05) is 0 Å². The van der Waals surface area contributed by atoms with Crippen molar-refractivity contribution in [2.24, 2.45) is 0 Å². The van der Waals surface area contributed by atoms with Crippen LogP contribution in [0.5, 0.6) is 0 Å². The molecular formula is C20H18Cl2N2O5S. The van der Waals surface area contributed by atoms with Crippen LogP contribution in [-0.4, -0.2) is 32.8 Å². The molecule has 1 aliphatic heterocycles. The standard InChI is InChI=1S/C20H18Cl2N2O5S/c1-2-29-19(25)17-16(11-30(27,28)15-9-7-14(22)8-10-15)23-20(26)24-18(17)12-3-5-13(21)6-4-12/h3-10,18H,2,11H2,1H3,(H2,23,24,26)/t18-/m0/s1. The van der Waals surface area contributed by atoms with E-state index < -0.39 is 33.6 Å². The molecule has 7 nitrogen and oxygen atoms in total. The van der Waals surface area contributed by atoms with Crippen LogP contribution in [0, 0.1) is 0 Å². The van der Waals surface area contributed by atoms with Crippen molar-refractivity contribution in [3.63, 3.8) is 0 Å². The first kappa shape index (κ1) is 22.1. The van der Waals surface area contributed by atoms with Crippen LogP contribution in [-0.2, 0) is 19.4 Å². The molecule has 3 rings (SSSR count). The molecule has 2 N–H and O–H groups in total. The molecule has 158 valence electrons. The summed E-state index contributed by atoms with van der Waals surface area (Å²) in [5, 5.41) is 5.96. The highest BCUT2D eigenvalue weighted by molar-refractivity contribution is 7.91. The summed E-state index contributed by atoms with van der Waals surface area (Å²) < 4.78 is 31.0. The Hall–Kier alpha value is -2.55. The highest BCUT2D eigenvalue weighted by atomic mass is 35.5. The Morgan fingerprint density at radius 1 is 1.03 bits per heavy atom. The van der Waals surface area contributed by atoms with E-state index in [0.717, 1.165) is 0 Å². The van der Waals surface area contributed by atoms with Gasteiger partial charge in [0.2, 0.25) is 0 Å². The van der Waals surface area contributed by atoms with E-state index in [9.17, 15) is 18.0 Å². The SMILES string of the molecule is CCOC(=O)C1=C(CS(=O)(=O)c2ccc(Cl)cc2)NC(=O)N[C@H]1c1ccc(Cl)cc1. The van der Waals surface area contributed by atoms with Crippen molar-refractivity contribution in [1.82, 2.24) is 10.6 Å². The number of carbonyl (C=O) groups excluding carboxylic acids is 2. The molecule has 2 amide bonds. The number of ether oxygens (including phenoxy) is 1. The van der Waals surface area contributed by atoms with Crippen LogP contribution < -0.4 is 10.6 Å². The minimum Gasteiger partial charge on any atom is -0.463 e. The number of hydrogen-bond acceptors (Lipinski definition) is 5. The molecule has 10 heteroatoms. The molecule has 0 saturated heterocycles. The molecular weight excluding hydrogens is 451 g/mol. The normalized spacial score (nSPS) is 16.6. The molecule has 2 aromatic rings. The van der Waals surface area contributed by atoms with Gasteiger partial charge >= 0.3 is 12.0 Å². The molecule has 1 aliphatic rings. The van der Waals surface area contributed by atoms with E-state index in [1.54, 1.807) is 31.2 Å². The second kappa shape index (κ2) is 9.07. The summed E-state index contributed by atoms with van der Waals surface area (Å²) in [5.74, 6) is -1.33. The lowest BCUT2D eigenvalue weighted by atomic mass is 9.95. The number of halogens is 2. The Bertz CT molecular complexity index is 1100. The summed E-state index contributed by atoms with van der Waals surface area (Å²) >= 11 is 11.8. The van der Waals surface area contributed by atoms with E-state index in [1.165, 1.54) is 24.3 Å². The lowest BCUT2D eigenvalue weighted by molar-refractivity contribution is -0.139. The summed E-state index contributed by atoms with van der Waals surface area (Å²) in [6, 6.07) is 10.6. The Morgan fingerprint density at radius 3 is 2.17 bits per heavy atom. The molecule has 0 unspecified atom stereocenters. The summed E-state index contributed by atoms with van der Waals surface area (Å²) in [5.41, 5.74) is 0.516. The molecule has 0 spiro atoms. The largest absolute Gasteiger partial charge is 0.463 e. The van der Waals surface area contributed by atoms with Crippen LogP contribution in [0.25, 0.3) is 0 Å². The van der Waals surface area contributed by atoms with Crippen LogP contribution in [0.4, 0.5) is 4.79 Å². The quantitative estimate of drug-likeness (QED) is 0.630. The molecule has 0 aliphatic carbocycles. The van der Waals surface area contributed by atoms with Crippen molar-refractivity contribution in [3.05, 3.63) is 75.4 Å². The van der Waals surface area contributed by atoms with Gasteiger partial charge in [-0.05, 0) is 48.9 Å². The zero-order chi connectivity index (χ0) is 21.9. The van der Waals surface area contributed by atoms with E-state index in [4.69, 9.17) is 27.9 Å². The zero-order valence-electron chi connectivity index (χ0n) is 15.8. The number of rotatable bonds is 6. The Kier molecular flexibility index (Phi) is 6.70. The second-order valence-electron chi connectivity index (χ2n) is 6.41. The molecule has 1 heterocycles. The maximum Gasteiger partial charge on any atom is 0.338 e. The molecule has 30 heavy (non-hydrogen) atoms. The molecule has 2 aromatic carbocycles. The first-order chi connectivity index (χ1) is 14.2. The highest BCUT2D eigenvalue weighted by Crippen LogP contribution is 2.30. The summed E-state index contributed by atoms with van der Waals surface area (Å²) in [7, 11) is -3.88. The number of esters is 1. The van der Waals surface area contributed by atoms with Crippen molar-refractivity contribution in [2.75, 3.05) is 12.4 Å². The van der Waals surface area contributed by atoms with Crippen LogP contribution in [0.15, 0.2) is 64.7 Å². The topological polar surface area (TPSA) is 102 Å². The van der Waals surface area contributed by atoms with E-state index in [2.05, 4.69) is 10.6 Å². The number of nitrogens with one attached hydrogen (secondary N) is 2. The smallest absolute Gasteiger partial charge is 0.338 e. The van der Waals surface area contributed by atoms with Crippen molar-refractivity contribution < 1.29 is 22.7 Å². The van der Waals surface area contributed by atoms with Crippen molar-refractivity contribution >= 4 is 45.0 Å². The van der Waals surface area contributed by atoms with Gasteiger partial charge in [0, 0.05) is 15.7 Å². The number of amides is 2. The fourth-order valence-electron chi connectivity index (χ4n) is 3.00. The summed E-state index contributed by atoms with van der Waals surface area (Å²) in [6.45, 7) is 1.72. The minimum absolute atomic E-state index is 0.0105. The van der Waals surface area contributed by atoms with Crippen LogP contribution in [0.2, 0.25) is 10.0 Å². The lowest BCUT2D eigenvalue weighted by Crippen LogP contribution is -2.47. The highest BCUT2D eigenvalue weighted by Gasteiger charge is 2.35. The molecule has 0 aromatic heterocycles. The molecule has 0 bridgehead atoms. The van der Waals surface area contributed by atoms with E-state index in [-0.39, 0.29) is 22.8 Å². The van der Waals surface area contributed by atoms with Gasteiger partial charge in [0.15, 0.2) is 9.84 Å². The van der Waals surface area contributed by atoms with Crippen LogP contribution >= 0.6 is 23.2 Å². The lowest BCUT2D eigenvalue weighted by Gasteiger charge is -2.29. The zero-order valence-corrected chi connectivity index (χ0v) is 18.1. The van der Waals surface area contributed by atoms with E-state index in [0.29, 0.717) is 15.6 Å². The van der Waals surface area contributed by atoms with Crippen LogP contribution in [0.1, 0.15) is 18.5 Å². The third-order valence-corrected chi connectivity index (χ3v) is 6.52. The third kappa shape index (κ3) is 4.95. The Morgan fingerprint density at radius 2 is 1.60 bits per heavy atom. The van der Waals surface area contributed by atoms with Gasteiger partial charge in [0.05, 0.1) is 28.9 Å². The van der Waals surface area contributed by atoms with Crippen molar-refractivity contribution in [3.8, 4) is 0 Å². The predicted molar refractivity (Wildman–Crippen MR) is 113 cm³/mol. The average Bonchev–Trinajstić information content (AvgIpc) is 2.68. The molecule has 0 radical (unpaired) electrons. The monoisotopic (exact) mass is 468 g/mol. The first-order valence-corrected chi connectivity index (χ1v) is 11.3. The number of carbonyl (C=O) groups is 2. The van der Waals surface area contributed by atoms with E-state index >= 15 is 0 Å². The fraction of sp³-hybridized carbons (Fsp3) is 0.200. The van der Waals surface area contributed by atoms with Gasteiger partial charge < -0.3 is 15.4 Å². The number of hydrogen-bond donors (Lipinski definition) is 2. The van der Waals surface area contributed by atoms with Crippen molar-refractivity contribution in [2.45, 2.75) is 17.9 Å². The van der Waals surface area contributed by atoms with Gasteiger partial charge in [-0.25, -0.2) is 18.0 Å². The van der Waals surface area contributed by atoms with Gasteiger partial charge in [-0.2, -0.15) is 0 Å². The third-order valence-electron chi connectivity index (χ3n) is 4.36. The number of benzene rings is 2. The van der Waals surface area contributed by atoms with Crippen LogP contribution in [0.3, 0.4) is 0 Å². The maximum atomic E-state index is 12.9. The summed E-state index contributed by atoms with van der Waals surface area (Å²) in [6.07, 6.45) is 0. The Labute approximate surface area is 183 Å². The second-order valence-corrected chi connectivity index (χ2v) is 9.27. The van der Waals surface area contributed by atoms with Gasteiger partial charge in [-0.1, -0.05) is 35.3 Å². The molecule has 1 atom stereocenters. The first-order valence-electron chi connectivity index (χ1n) is 8.92. The fourth-order valence-corrected chi connectivity index (χ4v) is 4.58. The van der Waals surface area contributed by atoms with Gasteiger partial charge in [0.25, 0.3) is 0 Å². The number of urea groups is 1. The molecule has 0 fully saturated rings. The average molecular weight is 469 g/mol.